The van der Waals surface area contributed by atoms with Crippen molar-refractivity contribution in [2.45, 2.75) is 53.1 Å². The lowest BCUT2D eigenvalue weighted by atomic mass is 9.78. The second kappa shape index (κ2) is 12.4. The van der Waals surface area contributed by atoms with Crippen LogP contribution in [0.2, 0.25) is 10.0 Å². The van der Waals surface area contributed by atoms with E-state index in [4.69, 9.17) is 49.0 Å². The van der Waals surface area contributed by atoms with E-state index in [9.17, 15) is 0 Å². The monoisotopic (exact) mass is 500 g/mol. The smallest absolute Gasteiger partial charge is 0.156 e. The van der Waals surface area contributed by atoms with Crippen LogP contribution < -0.4 is 9.47 Å². The second-order valence-corrected chi connectivity index (χ2v) is 10.4. The van der Waals surface area contributed by atoms with Crippen molar-refractivity contribution in [1.29, 1.82) is 0 Å². The molecule has 2 rings (SSSR count). The fourth-order valence-electron chi connectivity index (χ4n) is 3.11. The summed E-state index contributed by atoms with van der Waals surface area (Å²) in [7, 11) is 0. The highest BCUT2D eigenvalue weighted by molar-refractivity contribution is 6.37. The Kier molecular flexibility index (Phi) is 10.5. The van der Waals surface area contributed by atoms with Crippen molar-refractivity contribution in [3.63, 3.8) is 0 Å². The predicted octanol–water partition coefficient (Wildman–Crippen LogP) is 8.01. The van der Waals surface area contributed by atoms with Crippen LogP contribution in [0.15, 0.2) is 36.4 Å². The van der Waals surface area contributed by atoms with E-state index < -0.39 is 0 Å². The number of alkyl halides is 1. The van der Waals surface area contributed by atoms with E-state index >= 15 is 0 Å². The zero-order valence-corrected chi connectivity index (χ0v) is 22.2. The third-order valence-corrected chi connectivity index (χ3v) is 6.41. The van der Waals surface area contributed by atoms with Gasteiger partial charge in [-0.1, -0.05) is 63.0 Å². The average molecular weight is 502 g/mol. The largest absolute Gasteiger partial charge is 0.493 e. The summed E-state index contributed by atoms with van der Waals surface area (Å²) in [4.78, 5) is 0. The first-order chi connectivity index (χ1) is 15.0. The highest BCUT2D eigenvalue weighted by Crippen LogP contribution is 2.40. The zero-order valence-electron chi connectivity index (χ0n) is 19.9. The van der Waals surface area contributed by atoms with Gasteiger partial charge in [0.05, 0.1) is 36.0 Å². The normalized spacial score (nSPS) is 13.8. The van der Waals surface area contributed by atoms with E-state index in [1.807, 2.05) is 45.0 Å². The lowest BCUT2D eigenvalue weighted by Crippen LogP contribution is -2.19. The van der Waals surface area contributed by atoms with Crippen LogP contribution in [0, 0.1) is 11.8 Å². The Labute approximate surface area is 208 Å². The molecule has 0 amide bonds. The molecule has 0 aliphatic heterocycles. The first-order valence-corrected chi connectivity index (χ1v) is 12.4. The van der Waals surface area contributed by atoms with Crippen LogP contribution >= 0.6 is 34.8 Å². The molecule has 32 heavy (non-hydrogen) atoms. The van der Waals surface area contributed by atoms with Crippen molar-refractivity contribution in [3.05, 3.63) is 57.6 Å². The molecule has 6 heteroatoms. The number of ether oxygens (including phenoxy) is 3. The molecule has 0 spiro atoms. The molecule has 0 N–H and O–H groups in total. The molecule has 178 valence electrons. The van der Waals surface area contributed by atoms with Crippen molar-refractivity contribution < 1.29 is 14.2 Å². The molecule has 0 radical (unpaired) electrons. The third kappa shape index (κ3) is 7.73. The van der Waals surface area contributed by atoms with Gasteiger partial charge in [0.15, 0.2) is 5.75 Å². The Morgan fingerprint density at radius 2 is 1.34 bits per heavy atom. The van der Waals surface area contributed by atoms with Gasteiger partial charge in [0.1, 0.15) is 5.75 Å². The Hall–Kier alpha value is -1.13. The van der Waals surface area contributed by atoms with Gasteiger partial charge in [0.25, 0.3) is 0 Å². The van der Waals surface area contributed by atoms with Crippen LogP contribution in [0.4, 0.5) is 0 Å². The van der Waals surface area contributed by atoms with E-state index in [0.29, 0.717) is 47.4 Å². The third-order valence-electron chi connectivity index (χ3n) is 5.32. The highest BCUT2D eigenvalue weighted by Gasteiger charge is 2.26. The van der Waals surface area contributed by atoms with E-state index in [0.717, 1.165) is 16.9 Å². The molecule has 0 heterocycles. The topological polar surface area (TPSA) is 27.7 Å². The summed E-state index contributed by atoms with van der Waals surface area (Å²) in [6.45, 7) is 14.3. The highest BCUT2D eigenvalue weighted by atomic mass is 35.5. The van der Waals surface area contributed by atoms with Gasteiger partial charge in [-0.3, -0.25) is 0 Å². The Morgan fingerprint density at radius 1 is 0.781 bits per heavy atom. The maximum Gasteiger partial charge on any atom is 0.156 e. The van der Waals surface area contributed by atoms with Crippen LogP contribution in [0.25, 0.3) is 0 Å². The molecular weight excluding hydrogens is 467 g/mol. The molecule has 2 aromatic rings. The predicted molar refractivity (Wildman–Crippen MR) is 136 cm³/mol. The van der Waals surface area contributed by atoms with E-state index in [1.165, 1.54) is 0 Å². The number of hydrogen-bond donors (Lipinski definition) is 0. The summed E-state index contributed by atoms with van der Waals surface area (Å²) in [6, 6.07) is 12.0. The maximum absolute atomic E-state index is 6.52. The van der Waals surface area contributed by atoms with E-state index in [2.05, 4.69) is 32.9 Å². The minimum Gasteiger partial charge on any atom is -0.493 e. The second-order valence-electron chi connectivity index (χ2n) is 9.29. The van der Waals surface area contributed by atoms with Gasteiger partial charge >= 0.3 is 0 Å². The van der Waals surface area contributed by atoms with Crippen molar-refractivity contribution in [2.75, 3.05) is 25.7 Å². The summed E-state index contributed by atoms with van der Waals surface area (Å²) < 4.78 is 17.4. The molecular formula is C26H35Cl3O3. The van der Waals surface area contributed by atoms with Gasteiger partial charge in [0, 0.05) is 23.1 Å². The number of benzene rings is 2. The lowest BCUT2D eigenvalue weighted by molar-refractivity contribution is 0.0427. The fourth-order valence-corrected chi connectivity index (χ4v) is 3.79. The van der Waals surface area contributed by atoms with Gasteiger partial charge in [0.2, 0.25) is 0 Å². The van der Waals surface area contributed by atoms with Gasteiger partial charge in [-0.05, 0) is 49.2 Å². The summed E-state index contributed by atoms with van der Waals surface area (Å²) in [6.07, 6.45) is 0.232. The molecule has 0 saturated heterocycles. The van der Waals surface area contributed by atoms with Crippen LogP contribution in [-0.4, -0.2) is 31.8 Å². The van der Waals surface area contributed by atoms with E-state index in [1.54, 1.807) is 0 Å². The molecule has 2 atom stereocenters. The van der Waals surface area contributed by atoms with Crippen molar-refractivity contribution >= 4 is 34.8 Å². The molecule has 3 nitrogen and oxygen atoms in total. The quantitative estimate of drug-likeness (QED) is 0.276. The first-order valence-electron chi connectivity index (χ1n) is 11.1. The minimum atomic E-state index is -0.299. The number of halogens is 3. The Balaban J connectivity index is 2.09. The van der Waals surface area contributed by atoms with Gasteiger partial charge in [-0.25, -0.2) is 0 Å². The average Bonchev–Trinajstić information content (AvgIpc) is 2.75. The fraction of sp³-hybridized carbons (Fsp3) is 0.538. The number of rotatable bonds is 12. The summed E-state index contributed by atoms with van der Waals surface area (Å²) in [5.41, 5.74) is 1.85. The SMILES string of the molecule is CC(C)OC[C@@H](C)COc1ccc(C(C)(C)c2cc(Cl)c(OC[C@@H](C)CCl)c(Cl)c2)cc1. The summed E-state index contributed by atoms with van der Waals surface area (Å²) in [5, 5.41) is 1.000. The van der Waals surface area contributed by atoms with Gasteiger partial charge < -0.3 is 14.2 Å². The van der Waals surface area contributed by atoms with Gasteiger partial charge in [-0.15, -0.1) is 11.6 Å². The van der Waals surface area contributed by atoms with Crippen molar-refractivity contribution in [2.24, 2.45) is 11.8 Å². The molecule has 0 unspecified atom stereocenters. The molecule has 0 fully saturated rings. The molecule has 0 aliphatic rings. The lowest BCUT2D eigenvalue weighted by Gasteiger charge is -2.27. The van der Waals surface area contributed by atoms with Crippen LogP contribution in [-0.2, 0) is 10.2 Å². The number of hydrogen-bond acceptors (Lipinski definition) is 3. The van der Waals surface area contributed by atoms with E-state index in [-0.39, 0.29) is 17.4 Å². The summed E-state index contributed by atoms with van der Waals surface area (Å²) >= 11 is 18.9. The Morgan fingerprint density at radius 3 is 1.88 bits per heavy atom. The minimum absolute atomic E-state index is 0.214. The Bertz CT molecular complexity index is 827. The van der Waals surface area contributed by atoms with Crippen molar-refractivity contribution in [3.8, 4) is 11.5 Å². The van der Waals surface area contributed by atoms with Crippen LogP contribution in [0.3, 0.4) is 0 Å². The molecule has 0 aliphatic carbocycles. The standard InChI is InChI=1S/C26H35Cl3O3/c1-17(2)30-15-19(4)16-31-22-9-7-20(8-10-22)26(5,6)21-11-23(28)25(24(29)12-21)32-14-18(3)13-27/h7-12,17-19H,13-16H2,1-6H3/t18-,19+/m0/s1. The zero-order chi connectivity index (χ0) is 23.9. The summed E-state index contributed by atoms with van der Waals surface area (Å²) in [5.74, 6) is 2.40. The first kappa shape index (κ1) is 27.1. The molecule has 0 aromatic heterocycles. The van der Waals surface area contributed by atoms with Crippen molar-refractivity contribution in [1.82, 2.24) is 0 Å². The van der Waals surface area contributed by atoms with Crippen LogP contribution in [0.1, 0.15) is 52.7 Å². The molecule has 0 saturated carbocycles. The van der Waals surface area contributed by atoms with Gasteiger partial charge in [-0.2, -0.15) is 0 Å². The van der Waals surface area contributed by atoms with Crippen LogP contribution in [0.5, 0.6) is 11.5 Å². The molecule has 2 aromatic carbocycles. The molecule has 0 bridgehead atoms. The maximum atomic E-state index is 6.52.